The van der Waals surface area contributed by atoms with E-state index in [0.29, 0.717) is 12.0 Å². The summed E-state index contributed by atoms with van der Waals surface area (Å²) in [6.07, 6.45) is 5.12. The number of amides is 1. The fourth-order valence-corrected chi connectivity index (χ4v) is 2.05. The summed E-state index contributed by atoms with van der Waals surface area (Å²) in [7, 11) is 2.25. The maximum Gasteiger partial charge on any atom is 0.239 e. The molecule has 4 atom stereocenters. The Kier molecular flexibility index (Phi) is 4.56. The average molecular weight is 214 g/mol. The number of carbonyl (C=O) groups is 1. The van der Waals surface area contributed by atoms with Crippen LogP contribution in [0.15, 0.2) is 12.7 Å². The van der Waals surface area contributed by atoms with E-state index in [1.165, 1.54) is 0 Å². The maximum absolute atomic E-state index is 11.4. The van der Waals surface area contributed by atoms with Crippen molar-refractivity contribution in [2.24, 2.45) is 5.92 Å². The molecule has 1 fully saturated rings. The fraction of sp³-hybridized carbons (Fsp3) is 0.700. The van der Waals surface area contributed by atoms with Gasteiger partial charge >= 0.3 is 0 Å². The summed E-state index contributed by atoms with van der Waals surface area (Å²) in [6.45, 7) is 5.91. The molecule has 2 N–H and O–H groups in total. The number of nitrogens with one attached hydrogen (secondary N) is 2. The molecule has 1 amide bonds. The third-order valence-corrected chi connectivity index (χ3v) is 3.17. The van der Waals surface area contributed by atoms with Crippen molar-refractivity contribution in [2.75, 3.05) is 0 Å². The van der Waals surface area contributed by atoms with Gasteiger partial charge in [-0.3, -0.25) is 4.79 Å². The summed E-state index contributed by atoms with van der Waals surface area (Å²) in [6, 6.07) is 0.363. The molecule has 80 valence electrons. The number of piperidine rings is 1. The van der Waals surface area contributed by atoms with Crippen molar-refractivity contribution in [3.05, 3.63) is 12.7 Å². The second-order valence-corrected chi connectivity index (χ2v) is 4.15. The molecule has 1 rings (SSSR count). The van der Waals surface area contributed by atoms with Crippen LogP contribution in [0, 0.1) is 5.92 Å². The van der Waals surface area contributed by atoms with Crippen molar-refractivity contribution in [2.45, 2.75) is 38.3 Å². The van der Waals surface area contributed by atoms with Crippen LogP contribution in [0.2, 0.25) is 0 Å². The van der Waals surface area contributed by atoms with Gasteiger partial charge in [0.1, 0.15) is 0 Å². The molecule has 0 aromatic rings. The van der Waals surface area contributed by atoms with Crippen LogP contribution in [0.3, 0.4) is 0 Å². The Bertz CT molecular complexity index is 220. The smallest absolute Gasteiger partial charge is 0.239 e. The van der Waals surface area contributed by atoms with Gasteiger partial charge in [0.2, 0.25) is 5.91 Å². The van der Waals surface area contributed by atoms with Crippen LogP contribution in [0.25, 0.3) is 0 Å². The van der Waals surface area contributed by atoms with E-state index in [0.717, 1.165) is 19.3 Å². The molecule has 1 aliphatic heterocycles. The van der Waals surface area contributed by atoms with Gasteiger partial charge < -0.3 is 10.4 Å². The average Bonchev–Trinajstić information content (AvgIpc) is 2.27. The van der Waals surface area contributed by atoms with Gasteiger partial charge in [-0.15, -0.1) is 6.58 Å². The summed E-state index contributed by atoms with van der Waals surface area (Å²) in [4.78, 5) is 11.4. The topological polar surface area (TPSA) is 41.1 Å². The quantitative estimate of drug-likeness (QED) is 0.548. The molecule has 1 heterocycles. The molecule has 0 radical (unpaired) electrons. The van der Waals surface area contributed by atoms with E-state index in [9.17, 15) is 4.79 Å². The van der Waals surface area contributed by atoms with Crippen LogP contribution in [0.5, 0.6) is 0 Å². The summed E-state index contributed by atoms with van der Waals surface area (Å²) in [5, 5.41) is 5.96. The monoisotopic (exact) mass is 214 g/mol. The van der Waals surface area contributed by atoms with Crippen LogP contribution < -0.4 is 10.4 Å². The van der Waals surface area contributed by atoms with Crippen molar-refractivity contribution in [1.82, 2.24) is 10.4 Å². The van der Waals surface area contributed by atoms with Crippen molar-refractivity contribution >= 4 is 15.3 Å². The molecule has 3 nitrogen and oxygen atoms in total. The van der Waals surface area contributed by atoms with Gasteiger partial charge in [0, 0.05) is 6.04 Å². The lowest BCUT2D eigenvalue weighted by molar-refractivity contribution is -0.122. The largest absolute Gasteiger partial charge is 0.339 e. The van der Waals surface area contributed by atoms with Gasteiger partial charge in [-0.2, -0.15) is 0 Å². The molecule has 1 aliphatic rings. The zero-order chi connectivity index (χ0) is 10.6. The molecule has 0 aromatic heterocycles. The van der Waals surface area contributed by atoms with E-state index in [1.54, 1.807) is 0 Å². The minimum Gasteiger partial charge on any atom is -0.339 e. The highest BCUT2D eigenvalue weighted by Crippen LogP contribution is 2.19. The van der Waals surface area contributed by atoms with Crippen molar-refractivity contribution in [1.29, 1.82) is 0 Å². The Morgan fingerprint density at radius 3 is 3.00 bits per heavy atom. The van der Waals surface area contributed by atoms with Crippen molar-refractivity contribution < 1.29 is 4.79 Å². The molecular formula is C10H19N2OP. The first-order valence-electron chi connectivity index (χ1n) is 5.08. The number of hydrogen-bond donors (Lipinski definition) is 2. The Hall–Kier alpha value is -0.400. The molecule has 0 spiro atoms. The van der Waals surface area contributed by atoms with Crippen LogP contribution in [0.1, 0.15) is 26.2 Å². The molecular weight excluding hydrogens is 195 g/mol. The predicted octanol–water partition coefficient (Wildman–Crippen LogP) is 1.23. The van der Waals surface area contributed by atoms with Crippen LogP contribution in [0.4, 0.5) is 0 Å². The lowest BCUT2D eigenvalue weighted by atomic mass is 9.90. The maximum atomic E-state index is 11.4. The first-order valence-corrected chi connectivity index (χ1v) is 5.65. The van der Waals surface area contributed by atoms with Gasteiger partial charge in [-0.05, 0) is 34.6 Å². The molecule has 0 aromatic carbocycles. The molecule has 4 unspecified atom stereocenters. The second-order valence-electron chi connectivity index (χ2n) is 3.86. The Balaban J connectivity index is 2.51. The molecule has 14 heavy (non-hydrogen) atoms. The van der Waals surface area contributed by atoms with Gasteiger partial charge in [0.15, 0.2) is 0 Å². The van der Waals surface area contributed by atoms with E-state index in [4.69, 9.17) is 0 Å². The van der Waals surface area contributed by atoms with Gasteiger partial charge in [-0.25, -0.2) is 0 Å². The van der Waals surface area contributed by atoms with E-state index < -0.39 is 0 Å². The highest BCUT2D eigenvalue weighted by molar-refractivity contribution is 7.15. The lowest BCUT2D eigenvalue weighted by Gasteiger charge is -2.32. The molecule has 1 saturated heterocycles. The van der Waals surface area contributed by atoms with Gasteiger partial charge in [0.05, 0.1) is 6.04 Å². The Morgan fingerprint density at radius 2 is 2.43 bits per heavy atom. The Morgan fingerprint density at radius 1 is 1.71 bits per heavy atom. The van der Waals surface area contributed by atoms with Crippen LogP contribution >= 0.6 is 9.39 Å². The molecule has 0 bridgehead atoms. The zero-order valence-electron chi connectivity index (χ0n) is 8.62. The van der Waals surface area contributed by atoms with E-state index in [1.807, 2.05) is 6.08 Å². The SMILES string of the molecule is C=CC(C)C1CCCC(C(=O)NP)N1. The van der Waals surface area contributed by atoms with Gasteiger partial charge in [-0.1, -0.05) is 13.0 Å². The third-order valence-electron chi connectivity index (χ3n) is 2.89. The summed E-state index contributed by atoms with van der Waals surface area (Å²) in [5.41, 5.74) is 0. The highest BCUT2D eigenvalue weighted by Gasteiger charge is 2.27. The first-order chi connectivity index (χ1) is 6.69. The minimum atomic E-state index is -0.0337. The highest BCUT2D eigenvalue weighted by atomic mass is 31.0. The van der Waals surface area contributed by atoms with Crippen LogP contribution in [-0.2, 0) is 4.79 Å². The molecule has 0 saturated carbocycles. The van der Waals surface area contributed by atoms with Crippen molar-refractivity contribution in [3.63, 3.8) is 0 Å². The fourth-order valence-electron chi connectivity index (χ4n) is 1.85. The molecule has 0 aliphatic carbocycles. The lowest BCUT2D eigenvalue weighted by Crippen LogP contribution is -2.51. The normalized spacial score (nSPS) is 29.3. The number of rotatable bonds is 3. The zero-order valence-corrected chi connectivity index (χ0v) is 9.78. The summed E-state index contributed by atoms with van der Waals surface area (Å²) in [5.74, 6) is 0.492. The van der Waals surface area contributed by atoms with E-state index >= 15 is 0 Å². The molecule has 4 heteroatoms. The number of carbonyl (C=O) groups excluding carboxylic acids is 1. The summed E-state index contributed by atoms with van der Waals surface area (Å²) < 4.78 is 0. The predicted molar refractivity (Wildman–Crippen MR) is 61.8 cm³/mol. The third kappa shape index (κ3) is 2.79. The first kappa shape index (κ1) is 11.7. The number of hydrogen-bond acceptors (Lipinski definition) is 2. The van der Waals surface area contributed by atoms with Gasteiger partial charge in [0.25, 0.3) is 0 Å². The van der Waals surface area contributed by atoms with Crippen molar-refractivity contribution in [3.8, 4) is 0 Å². The van der Waals surface area contributed by atoms with E-state index in [-0.39, 0.29) is 11.9 Å². The van der Waals surface area contributed by atoms with E-state index in [2.05, 4.69) is 33.3 Å². The summed E-state index contributed by atoms with van der Waals surface area (Å²) >= 11 is 0. The Labute approximate surface area is 88.0 Å². The minimum absolute atomic E-state index is 0.0337. The standard InChI is InChI=1S/C10H19N2OP/c1-3-7(2)8-5-4-6-9(11-8)10(13)12-14/h3,7-9,11H,1,4-6,14H2,2H3,(H,12,13). The van der Waals surface area contributed by atoms with Crippen LogP contribution in [-0.4, -0.2) is 18.0 Å². The second kappa shape index (κ2) is 5.47.